The van der Waals surface area contributed by atoms with Crippen molar-refractivity contribution in [3.63, 3.8) is 0 Å². The van der Waals surface area contributed by atoms with Gasteiger partial charge in [0.15, 0.2) is 5.11 Å². The monoisotopic (exact) mass is 527 g/mol. The van der Waals surface area contributed by atoms with Gasteiger partial charge in [-0.3, -0.25) is 25.8 Å². The maximum absolute atomic E-state index is 12.3. The molecule has 0 aliphatic heterocycles. The van der Waals surface area contributed by atoms with Crippen LogP contribution in [0.3, 0.4) is 0 Å². The van der Waals surface area contributed by atoms with Gasteiger partial charge in [0.05, 0.1) is 11.1 Å². The Labute approximate surface area is 185 Å². The summed E-state index contributed by atoms with van der Waals surface area (Å²) in [5.74, 6) is -0.124. The minimum atomic E-state index is -0.410. The molecule has 0 saturated carbocycles. The fraction of sp³-hybridized carbons (Fsp3) is 0.211. The number of hydrazine groups is 1. The molecule has 0 saturated heterocycles. The number of nitrogens with one attached hydrogen (secondary N) is 3. The van der Waals surface area contributed by atoms with E-state index in [1.807, 2.05) is 19.9 Å². The topological polar surface area (TPSA) is 79.5 Å². The van der Waals surface area contributed by atoms with E-state index in [9.17, 15) is 9.59 Å². The van der Waals surface area contributed by atoms with Crippen LogP contribution < -0.4 is 20.9 Å². The van der Waals surface area contributed by atoms with E-state index in [-0.39, 0.29) is 11.0 Å². The summed E-state index contributed by atoms with van der Waals surface area (Å²) in [7, 11) is 0. The van der Waals surface area contributed by atoms with Crippen molar-refractivity contribution >= 4 is 61.0 Å². The summed E-state index contributed by atoms with van der Waals surface area (Å²) >= 11 is 11.8. The van der Waals surface area contributed by atoms with Crippen LogP contribution in [0.5, 0.6) is 5.75 Å². The summed E-state index contributed by atoms with van der Waals surface area (Å²) in [4.78, 5) is 24.5. The van der Waals surface area contributed by atoms with Crippen molar-refractivity contribution in [3.05, 3.63) is 62.0 Å². The molecule has 0 atom stereocenters. The number of hydrogen-bond acceptors (Lipinski definition) is 4. The molecular weight excluding hydrogens is 510 g/mol. The molecule has 2 amide bonds. The molecular formula is C19H19Br2N3O3S. The molecule has 0 aromatic heterocycles. The highest BCUT2D eigenvalue weighted by Gasteiger charge is 2.12. The zero-order valence-electron chi connectivity index (χ0n) is 15.3. The molecule has 28 heavy (non-hydrogen) atoms. The largest absolute Gasteiger partial charge is 0.492 e. The first-order valence-corrected chi connectivity index (χ1v) is 10.4. The highest BCUT2D eigenvalue weighted by molar-refractivity contribution is 9.10. The molecule has 0 heterocycles. The molecule has 9 heteroatoms. The Morgan fingerprint density at radius 2 is 1.64 bits per heavy atom. The SMILES string of the molecule is CCCOc1ccc(C(=O)NC(=S)NNC(=O)c2ccc(C)c(Br)c2)cc1Br. The lowest BCUT2D eigenvalue weighted by atomic mass is 10.1. The summed E-state index contributed by atoms with van der Waals surface area (Å²) in [5.41, 5.74) is 6.83. The van der Waals surface area contributed by atoms with Crippen molar-refractivity contribution < 1.29 is 14.3 Å². The molecule has 0 spiro atoms. The standard InChI is InChI=1S/C19H19Br2N3O3S/c1-3-8-27-16-7-6-12(10-15(16)21)17(25)22-19(28)24-23-18(26)13-5-4-11(2)14(20)9-13/h4-7,9-10H,3,8H2,1-2H3,(H,23,26)(H2,22,24,25,28). The van der Waals surface area contributed by atoms with Crippen LogP contribution in [-0.4, -0.2) is 23.5 Å². The first-order valence-electron chi connectivity index (χ1n) is 8.42. The Hall–Kier alpha value is -1.97. The van der Waals surface area contributed by atoms with Crippen LogP contribution >= 0.6 is 44.1 Å². The molecule has 0 aliphatic rings. The number of halogens is 2. The molecule has 0 radical (unpaired) electrons. The fourth-order valence-electron chi connectivity index (χ4n) is 2.10. The number of carbonyl (C=O) groups is 2. The van der Waals surface area contributed by atoms with Crippen molar-refractivity contribution in [3.8, 4) is 5.75 Å². The van der Waals surface area contributed by atoms with Gasteiger partial charge in [-0.05, 0) is 77.4 Å². The molecule has 2 aromatic carbocycles. The fourth-order valence-corrected chi connectivity index (χ4v) is 3.11. The zero-order valence-corrected chi connectivity index (χ0v) is 19.3. The average molecular weight is 529 g/mol. The summed E-state index contributed by atoms with van der Waals surface area (Å²) in [6.45, 7) is 4.53. The van der Waals surface area contributed by atoms with Crippen LogP contribution in [0.15, 0.2) is 45.3 Å². The third kappa shape index (κ3) is 6.29. The van der Waals surface area contributed by atoms with E-state index < -0.39 is 5.91 Å². The average Bonchev–Trinajstić information content (AvgIpc) is 2.67. The van der Waals surface area contributed by atoms with Gasteiger partial charge in [-0.15, -0.1) is 0 Å². The maximum atomic E-state index is 12.3. The number of ether oxygens (including phenoxy) is 1. The smallest absolute Gasteiger partial charge is 0.269 e. The highest BCUT2D eigenvalue weighted by atomic mass is 79.9. The Bertz CT molecular complexity index is 906. The lowest BCUT2D eigenvalue weighted by Crippen LogP contribution is -2.48. The molecule has 3 N–H and O–H groups in total. The lowest BCUT2D eigenvalue weighted by molar-refractivity contribution is 0.0934. The van der Waals surface area contributed by atoms with Gasteiger partial charge in [-0.2, -0.15) is 0 Å². The second-order valence-corrected chi connectivity index (χ2v) is 7.94. The van der Waals surface area contributed by atoms with Crippen LogP contribution in [0, 0.1) is 6.92 Å². The quantitative estimate of drug-likeness (QED) is 0.399. The molecule has 2 aromatic rings. The third-order valence-corrected chi connectivity index (χ3v) is 5.28. The van der Waals surface area contributed by atoms with E-state index in [4.69, 9.17) is 17.0 Å². The van der Waals surface area contributed by atoms with Gasteiger partial charge < -0.3 is 4.74 Å². The maximum Gasteiger partial charge on any atom is 0.269 e. The minimum Gasteiger partial charge on any atom is -0.492 e. The Kier molecular flexibility index (Phi) is 8.40. The number of thiocarbonyl (C=S) groups is 1. The number of amides is 2. The second kappa shape index (κ2) is 10.5. The van der Waals surface area contributed by atoms with Gasteiger partial charge in [-0.1, -0.05) is 28.9 Å². The van der Waals surface area contributed by atoms with Gasteiger partial charge in [0.1, 0.15) is 5.75 Å². The highest BCUT2D eigenvalue weighted by Crippen LogP contribution is 2.26. The predicted octanol–water partition coefficient (Wildman–Crippen LogP) is 4.26. The van der Waals surface area contributed by atoms with Gasteiger partial charge in [0, 0.05) is 15.6 Å². The van der Waals surface area contributed by atoms with E-state index in [0.29, 0.717) is 28.0 Å². The van der Waals surface area contributed by atoms with E-state index >= 15 is 0 Å². The third-order valence-electron chi connectivity index (χ3n) is 3.61. The summed E-state index contributed by atoms with van der Waals surface area (Å²) < 4.78 is 7.06. The number of carbonyl (C=O) groups excluding carboxylic acids is 2. The Balaban J connectivity index is 1.90. The predicted molar refractivity (Wildman–Crippen MR) is 119 cm³/mol. The van der Waals surface area contributed by atoms with Crippen LogP contribution in [0.1, 0.15) is 39.6 Å². The van der Waals surface area contributed by atoms with Crippen LogP contribution in [0.2, 0.25) is 0 Å². The molecule has 6 nitrogen and oxygen atoms in total. The van der Waals surface area contributed by atoms with Crippen LogP contribution in [-0.2, 0) is 0 Å². The van der Waals surface area contributed by atoms with Gasteiger partial charge in [-0.25, -0.2) is 0 Å². The number of rotatable bonds is 5. The van der Waals surface area contributed by atoms with Crippen molar-refractivity contribution in [2.24, 2.45) is 0 Å². The second-order valence-electron chi connectivity index (χ2n) is 5.82. The van der Waals surface area contributed by atoms with Crippen LogP contribution in [0.25, 0.3) is 0 Å². The molecule has 148 valence electrons. The van der Waals surface area contributed by atoms with Gasteiger partial charge in [0.2, 0.25) is 0 Å². The zero-order chi connectivity index (χ0) is 20.7. The van der Waals surface area contributed by atoms with Gasteiger partial charge >= 0.3 is 0 Å². The summed E-state index contributed by atoms with van der Waals surface area (Å²) in [6, 6.07) is 10.2. The minimum absolute atomic E-state index is 0.0213. The first kappa shape index (κ1) is 22.3. The molecule has 0 bridgehead atoms. The van der Waals surface area contributed by atoms with Crippen molar-refractivity contribution in [1.82, 2.24) is 16.2 Å². The number of aryl methyl sites for hydroxylation is 1. The van der Waals surface area contributed by atoms with Crippen molar-refractivity contribution in [1.29, 1.82) is 0 Å². The summed E-state index contributed by atoms with van der Waals surface area (Å²) in [5, 5.41) is 2.49. The first-order chi connectivity index (χ1) is 13.3. The van der Waals surface area contributed by atoms with Gasteiger partial charge in [0.25, 0.3) is 11.8 Å². The molecule has 0 fully saturated rings. The molecule has 0 aliphatic carbocycles. The van der Waals surface area contributed by atoms with Crippen LogP contribution in [0.4, 0.5) is 0 Å². The number of hydrogen-bond donors (Lipinski definition) is 3. The molecule has 0 unspecified atom stereocenters. The van der Waals surface area contributed by atoms with E-state index in [1.54, 1.807) is 30.3 Å². The Morgan fingerprint density at radius 1 is 1.00 bits per heavy atom. The Morgan fingerprint density at radius 3 is 2.29 bits per heavy atom. The summed E-state index contributed by atoms with van der Waals surface area (Å²) in [6.07, 6.45) is 0.889. The van der Waals surface area contributed by atoms with E-state index in [0.717, 1.165) is 16.5 Å². The van der Waals surface area contributed by atoms with Crippen molar-refractivity contribution in [2.75, 3.05) is 6.61 Å². The lowest BCUT2D eigenvalue weighted by Gasteiger charge is -2.12. The van der Waals surface area contributed by atoms with E-state index in [2.05, 4.69) is 48.0 Å². The molecule has 2 rings (SSSR count). The number of benzene rings is 2. The normalized spacial score (nSPS) is 10.1. The van der Waals surface area contributed by atoms with Crippen molar-refractivity contribution in [2.45, 2.75) is 20.3 Å². The van der Waals surface area contributed by atoms with E-state index in [1.165, 1.54) is 0 Å².